The lowest BCUT2D eigenvalue weighted by Crippen LogP contribution is -2.34. The van der Waals surface area contributed by atoms with Gasteiger partial charge in [0.15, 0.2) is 5.78 Å². The molecular formula is C20H27ClNO+. The topological polar surface area (TPSA) is 17.1 Å². The molecule has 0 amide bonds. The van der Waals surface area contributed by atoms with E-state index in [2.05, 4.69) is 48.0 Å². The lowest BCUT2D eigenvalue weighted by atomic mass is 9.70. The Morgan fingerprint density at radius 3 is 2.35 bits per heavy atom. The Bertz CT molecular complexity index is 711. The van der Waals surface area contributed by atoms with Gasteiger partial charge in [-0.1, -0.05) is 32.4 Å². The van der Waals surface area contributed by atoms with Crippen LogP contribution < -0.4 is 4.48 Å². The molecule has 0 spiro atoms. The zero-order chi connectivity index (χ0) is 17.2. The Balaban J connectivity index is 2.03. The van der Waals surface area contributed by atoms with Gasteiger partial charge >= 0.3 is 0 Å². The molecule has 2 saturated carbocycles. The summed E-state index contributed by atoms with van der Waals surface area (Å²) in [6.07, 6.45) is 4.16. The highest BCUT2D eigenvalue weighted by molar-refractivity contribution is 6.32. The lowest BCUT2D eigenvalue weighted by Gasteiger charge is -2.31. The third-order valence-electron chi connectivity index (χ3n) is 6.43. The number of carbonyl (C=O) groups excluding carboxylic acids is 1. The van der Waals surface area contributed by atoms with Crippen molar-refractivity contribution in [2.75, 3.05) is 21.1 Å². The maximum absolute atomic E-state index is 12.9. The molecule has 1 aromatic carbocycles. The maximum atomic E-state index is 12.9. The van der Waals surface area contributed by atoms with Crippen molar-refractivity contribution in [3.8, 4) is 0 Å². The van der Waals surface area contributed by atoms with Crippen LogP contribution in [-0.4, -0.2) is 26.9 Å². The molecular weight excluding hydrogens is 306 g/mol. The molecule has 1 aromatic rings. The SMILES string of the molecule is CC12CCC(C(=Cc3ccc([N+](C)(C)C)cc3Cl)C1=O)C2(C)C. The van der Waals surface area contributed by atoms with Crippen molar-refractivity contribution in [2.24, 2.45) is 16.7 Å². The van der Waals surface area contributed by atoms with Crippen LogP contribution in [0.5, 0.6) is 0 Å². The number of fused-ring (bicyclic) bond motifs is 2. The van der Waals surface area contributed by atoms with Gasteiger partial charge in [-0.15, -0.1) is 0 Å². The summed E-state index contributed by atoms with van der Waals surface area (Å²) in [6.45, 7) is 6.62. The van der Waals surface area contributed by atoms with Crippen molar-refractivity contribution in [3.05, 3.63) is 34.4 Å². The summed E-state index contributed by atoms with van der Waals surface area (Å²) in [6, 6.07) is 6.16. The quantitative estimate of drug-likeness (QED) is 0.553. The molecule has 0 saturated heterocycles. The third-order valence-corrected chi connectivity index (χ3v) is 6.76. The van der Waals surface area contributed by atoms with Gasteiger partial charge in [0.1, 0.15) is 5.69 Å². The first-order valence-electron chi connectivity index (χ1n) is 8.36. The van der Waals surface area contributed by atoms with Crippen molar-refractivity contribution < 1.29 is 4.79 Å². The molecule has 0 aliphatic heterocycles. The zero-order valence-electron chi connectivity index (χ0n) is 15.0. The standard InChI is InChI=1S/C20H27ClNO/c1-19(2)16-9-10-20(19,3)18(23)15(16)11-13-7-8-14(12-17(13)21)22(4,5)6/h7-8,11-12,16H,9-10H2,1-6H3/q+1. The van der Waals surface area contributed by atoms with Crippen LogP contribution >= 0.6 is 11.6 Å². The zero-order valence-corrected chi connectivity index (χ0v) is 15.8. The van der Waals surface area contributed by atoms with E-state index in [1.54, 1.807) is 0 Å². The summed E-state index contributed by atoms with van der Waals surface area (Å²) < 4.78 is 0.725. The molecule has 2 fully saturated rings. The molecule has 2 nitrogen and oxygen atoms in total. The first kappa shape index (κ1) is 16.7. The summed E-state index contributed by atoms with van der Waals surface area (Å²) in [5, 5.41) is 0.724. The second kappa shape index (κ2) is 4.94. The van der Waals surface area contributed by atoms with Crippen LogP contribution in [0.2, 0.25) is 5.02 Å². The molecule has 2 aliphatic rings. The fourth-order valence-corrected chi connectivity index (χ4v) is 4.54. The van der Waals surface area contributed by atoms with Crippen LogP contribution in [0.15, 0.2) is 23.8 Å². The molecule has 0 N–H and O–H groups in total. The molecule has 2 unspecified atom stereocenters. The average molecular weight is 333 g/mol. The number of quaternary nitrogens is 1. The Labute approximate surface area is 144 Å². The van der Waals surface area contributed by atoms with Crippen molar-refractivity contribution in [2.45, 2.75) is 33.6 Å². The monoisotopic (exact) mass is 332 g/mol. The number of benzene rings is 1. The van der Waals surface area contributed by atoms with Gasteiger partial charge in [-0.2, -0.15) is 0 Å². The summed E-state index contributed by atoms with van der Waals surface area (Å²) in [5.41, 5.74) is 2.93. The highest BCUT2D eigenvalue weighted by Crippen LogP contribution is 2.65. The lowest BCUT2D eigenvalue weighted by molar-refractivity contribution is -0.125. The van der Waals surface area contributed by atoms with Crippen LogP contribution in [0.25, 0.3) is 6.08 Å². The second-order valence-corrected chi connectivity index (χ2v) is 9.20. The third kappa shape index (κ3) is 2.30. The number of rotatable bonds is 2. The van der Waals surface area contributed by atoms with E-state index in [1.807, 2.05) is 18.2 Å². The Morgan fingerprint density at radius 1 is 1.22 bits per heavy atom. The van der Waals surface area contributed by atoms with Crippen LogP contribution in [0, 0.1) is 16.7 Å². The number of nitrogens with zero attached hydrogens (tertiary/aromatic N) is 1. The van der Waals surface area contributed by atoms with Crippen molar-refractivity contribution in [1.82, 2.24) is 4.48 Å². The minimum Gasteiger partial charge on any atom is -0.298 e. The largest absolute Gasteiger partial charge is 0.298 e. The highest BCUT2D eigenvalue weighted by atomic mass is 35.5. The fourth-order valence-electron chi connectivity index (χ4n) is 4.31. The van der Waals surface area contributed by atoms with Gasteiger partial charge in [0.05, 0.1) is 26.2 Å². The number of Topliss-reactive ketones (excluding diaryl/α,β-unsaturated/α-hetero) is 1. The number of allylic oxidation sites excluding steroid dienone is 1. The molecule has 2 atom stereocenters. The normalized spacial score (nSPS) is 31.2. The summed E-state index contributed by atoms with van der Waals surface area (Å²) >= 11 is 6.50. The van der Waals surface area contributed by atoms with E-state index in [0.29, 0.717) is 11.7 Å². The molecule has 3 rings (SSSR count). The minimum atomic E-state index is -0.210. The van der Waals surface area contributed by atoms with Gasteiger partial charge in [0, 0.05) is 17.1 Å². The molecule has 2 bridgehead atoms. The summed E-state index contributed by atoms with van der Waals surface area (Å²) in [5.74, 6) is 0.680. The Hall–Kier alpha value is -1.12. The van der Waals surface area contributed by atoms with Crippen molar-refractivity contribution in [3.63, 3.8) is 0 Å². The molecule has 124 valence electrons. The maximum Gasteiger partial charge on any atom is 0.165 e. The van der Waals surface area contributed by atoms with Crippen molar-refractivity contribution in [1.29, 1.82) is 0 Å². The first-order valence-corrected chi connectivity index (χ1v) is 8.74. The van der Waals surface area contributed by atoms with E-state index >= 15 is 0 Å². The van der Waals surface area contributed by atoms with Gasteiger partial charge in [0.2, 0.25) is 0 Å². The molecule has 23 heavy (non-hydrogen) atoms. The number of hydrogen-bond donors (Lipinski definition) is 0. The first-order chi connectivity index (χ1) is 10.5. The highest BCUT2D eigenvalue weighted by Gasteiger charge is 2.63. The Morgan fingerprint density at radius 2 is 1.87 bits per heavy atom. The average Bonchev–Trinajstić information content (AvgIpc) is 2.74. The number of halogens is 1. The van der Waals surface area contributed by atoms with E-state index in [9.17, 15) is 4.79 Å². The molecule has 2 aliphatic carbocycles. The van der Waals surface area contributed by atoms with Crippen LogP contribution in [0.1, 0.15) is 39.2 Å². The van der Waals surface area contributed by atoms with Crippen molar-refractivity contribution >= 4 is 29.1 Å². The van der Waals surface area contributed by atoms with Gasteiger partial charge < -0.3 is 0 Å². The molecule has 0 aromatic heterocycles. The predicted octanol–water partition coefficient (Wildman–Crippen LogP) is 4.95. The van der Waals surface area contributed by atoms with E-state index in [4.69, 9.17) is 11.6 Å². The summed E-state index contributed by atoms with van der Waals surface area (Å²) in [4.78, 5) is 12.9. The Kier molecular flexibility index (Phi) is 3.59. The smallest absolute Gasteiger partial charge is 0.165 e. The van der Waals surface area contributed by atoms with Crippen LogP contribution in [0.3, 0.4) is 0 Å². The van der Waals surface area contributed by atoms with E-state index in [0.717, 1.165) is 39.2 Å². The fraction of sp³-hybridized carbons (Fsp3) is 0.550. The minimum absolute atomic E-state index is 0.0463. The van der Waals surface area contributed by atoms with Gasteiger partial charge in [0.25, 0.3) is 0 Å². The molecule has 0 radical (unpaired) electrons. The van der Waals surface area contributed by atoms with Gasteiger partial charge in [-0.05, 0) is 47.9 Å². The van der Waals surface area contributed by atoms with Crippen LogP contribution in [-0.2, 0) is 4.79 Å². The van der Waals surface area contributed by atoms with Crippen LogP contribution in [0.4, 0.5) is 5.69 Å². The second-order valence-electron chi connectivity index (χ2n) is 8.79. The van der Waals surface area contributed by atoms with E-state index in [-0.39, 0.29) is 10.8 Å². The molecule has 3 heteroatoms. The van der Waals surface area contributed by atoms with Gasteiger partial charge in [-0.25, -0.2) is 0 Å². The molecule has 0 heterocycles. The number of ketones is 1. The van der Waals surface area contributed by atoms with E-state index < -0.39 is 0 Å². The number of carbonyl (C=O) groups is 1. The predicted molar refractivity (Wildman–Crippen MR) is 98.6 cm³/mol. The van der Waals surface area contributed by atoms with E-state index in [1.165, 1.54) is 0 Å². The number of hydrogen-bond acceptors (Lipinski definition) is 1. The van der Waals surface area contributed by atoms with Gasteiger partial charge in [-0.3, -0.25) is 9.28 Å². The summed E-state index contributed by atoms with van der Waals surface area (Å²) in [7, 11) is 6.35.